The van der Waals surface area contributed by atoms with Gasteiger partial charge in [0.25, 0.3) is 0 Å². The summed E-state index contributed by atoms with van der Waals surface area (Å²) in [5.74, 6) is 1.16. The van der Waals surface area contributed by atoms with Crippen molar-refractivity contribution >= 4 is 35.1 Å². The molecule has 1 fully saturated rings. The van der Waals surface area contributed by atoms with Gasteiger partial charge in [-0.3, -0.25) is 9.59 Å². The number of pyridine rings is 1. The molecule has 0 saturated carbocycles. The zero-order valence-corrected chi connectivity index (χ0v) is 17.9. The fraction of sp³-hybridized carbons (Fsp3) is 0.261. The zero-order valence-electron chi connectivity index (χ0n) is 17.1. The van der Waals surface area contributed by atoms with Gasteiger partial charge in [-0.15, -0.1) is 0 Å². The summed E-state index contributed by atoms with van der Waals surface area (Å²) in [6.45, 7) is 2.76. The predicted octanol–water partition coefficient (Wildman–Crippen LogP) is 2.66. The number of aromatic nitrogens is 2. The highest BCUT2D eigenvalue weighted by atomic mass is 32.2. The molecular weight excluding hydrogens is 410 g/mol. The molecule has 158 valence electrons. The van der Waals surface area contributed by atoms with Gasteiger partial charge in [-0.1, -0.05) is 30.0 Å². The van der Waals surface area contributed by atoms with Gasteiger partial charge in [0.15, 0.2) is 0 Å². The van der Waals surface area contributed by atoms with Crippen molar-refractivity contribution in [3.05, 3.63) is 67.0 Å². The quantitative estimate of drug-likeness (QED) is 0.636. The second kappa shape index (κ2) is 8.47. The van der Waals surface area contributed by atoms with Crippen LogP contribution in [0.5, 0.6) is 0 Å². The molecule has 31 heavy (non-hydrogen) atoms. The lowest BCUT2D eigenvalue weighted by Crippen LogP contribution is -2.52. The van der Waals surface area contributed by atoms with Crippen LogP contribution in [-0.2, 0) is 9.59 Å². The fourth-order valence-corrected chi connectivity index (χ4v) is 4.96. The van der Waals surface area contributed by atoms with E-state index < -0.39 is 0 Å². The number of rotatable bonds is 3. The Morgan fingerprint density at radius 3 is 2.48 bits per heavy atom. The summed E-state index contributed by atoms with van der Waals surface area (Å²) in [5, 5.41) is 1.03. The lowest BCUT2D eigenvalue weighted by atomic mass is 10.2. The second-order valence-corrected chi connectivity index (χ2v) is 8.53. The Hall–Kier alpha value is -3.26. The highest BCUT2D eigenvalue weighted by Gasteiger charge is 2.29. The largest absolute Gasteiger partial charge is 0.353 e. The van der Waals surface area contributed by atoms with E-state index in [0.717, 1.165) is 35.3 Å². The zero-order chi connectivity index (χ0) is 21.2. The minimum Gasteiger partial charge on any atom is -0.353 e. The first-order chi connectivity index (χ1) is 15.2. The van der Waals surface area contributed by atoms with E-state index in [1.165, 1.54) is 11.8 Å². The molecule has 7 nitrogen and oxygen atoms in total. The summed E-state index contributed by atoms with van der Waals surface area (Å²) < 4.78 is 2.08. The number of carbonyl (C=O) groups excluding carboxylic acids is 2. The van der Waals surface area contributed by atoms with Crippen molar-refractivity contribution in [2.24, 2.45) is 0 Å². The minimum absolute atomic E-state index is 0.0258. The molecular formula is C23H23N5O2S. The Labute approximate surface area is 185 Å². The van der Waals surface area contributed by atoms with Crippen LogP contribution < -0.4 is 9.80 Å². The molecule has 0 radical (unpaired) electrons. The van der Waals surface area contributed by atoms with Gasteiger partial charge in [-0.2, -0.15) is 0 Å². The van der Waals surface area contributed by atoms with E-state index in [1.54, 1.807) is 11.1 Å². The van der Waals surface area contributed by atoms with Crippen molar-refractivity contribution in [1.29, 1.82) is 0 Å². The number of hydrogen-bond acceptors (Lipinski definition) is 5. The SMILES string of the molecule is O=C(CN1C(=O)CSc2cccn2-c2ccccc21)N1CCN(c2ccccn2)CC1. The monoisotopic (exact) mass is 433 g/mol. The Morgan fingerprint density at radius 1 is 0.935 bits per heavy atom. The molecule has 2 amide bonds. The van der Waals surface area contributed by atoms with Crippen molar-refractivity contribution in [2.45, 2.75) is 5.03 Å². The van der Waals surface area contributed by atoms with Gasteiger partial charge < -0.3 is 19.3 Å². The van der Waals surface area contributed by atoms with E-state index in [0.29, 0.717) is 18.8 Å². The Morgan fingerprint density at radius 2 is 1.71 bits per heavy atom. The number of anilines is 2. The smallest absolute Gasteiger partial charge is 0.242 e. The van der Waals surface area contributed by atoms with E-state index in [2.05, 4.69) is 14.5 Å². The van der Waals surface area contributed by atoms with Gasteiger partial charge in [0, 0.05) is 38.6 Å². The summed E-state index contributed by atoms with van der Waals surface area (Å²) in [7, 11) is 0. The molecule has 1 aromatic carbocycles. The molecule has 1 saturated heterocycles. The van der Waals surface area contributed by atoms with Crippen LogP contribution in [0.4, 0.5) is 11.5 Å². The number of fused-ring (bicyclic) bond motifs is 3. The van der Waals surface area contributed by atoms with E-state index in [9.17, 15) is 9.59 Å². The first-order valence-corrected chi connectivity index (χ1v) is 11.3. The molecule has 2 aromatic heterocycles. The number of para-hydroxylation sites is 2. The highest BCUT2D eigenvalue weighted by molar-refractivity contribution is 7.99. The summed E-state index contributed by atoms with van der Waals surface area (Å²) >= 11 is 1.50. The molecule has 0 spiro atoms. The van der Waals surface area contributed by atoms with Crippen molar-refractivity contribution in [2.75, 3.05) is 48.3 Å². The fourth-order valence-electron chi connectivity index (χ4n) is 4.06. The summed E-state index contributed by atoms with van der Waals surface area (Å²) in [4.78, 5) is 36.2. The number of nitrogens with zero attached hydrogens (tertiary/aromatic N) is 5. The maximum Gasteiger partial charge on any atom is 0.242 e. The number of carbonyl (C=O) groups is 2. The molecule has 8 heteroatoms. The molecule has 3 aromatic rings. The van der Waals surface area contributed by atoms with Crippen LogP contribution in [0.3, 0.4) is 0 Å². The number of hydrogen-bond donors (Lipinski definition) is 0. The Kier molecular flexibility index (Phi) is 5.38. The highest BCUT2D eigenvalue weighted by Crippen LogP contribution is 2.33. The standard InChI is InChI=1S/C23H23N5O2S/c29-21(26-14-12-25(13-15-26)20-8-3-4-10-24-20)16-28-19-7-2-1-6-18(19)27-11-5-9-23(27)31-17-22(28)30/h1-11H,12-17H2. The lowest BCUT2D eigenvalue weighted by molar-refractivity contribution is -0.131. The molecule has 0 bridgehead atoms. The van der Waals surface area contributed by atoms with Crippen LogP contribution in [0.2, 0.25) is 0 Å². The van der Waals surface area contributed by atoms with Crippen LogP contribution in [0.15, 0.2) is 72.0 Å². The van der Waals surface area contributed by atoms with Crippen LogP contribution >= 0.6 is 11.8 Å². The van der Waals surface area contributed by atoms with E-state index >= 15 is 0 Å². The number of amides is 2. The first kappa shape index (κ1) is 19.7. The maximum absolute atomic E-state index is 13.1. The van der Waals surface area contributed by atoms with Crippen LogP contribution in [0.1, 0.15) is 0 Å². The van der Waals surface area contributed by atoms with Gasteiger partial charge in [-0.25, -0.2) is 4.98 Å². The van der Waals surface area contributed by atoms with E-state index in [1.807, 2.05) is 65.7 Å². The van der Waals surface area contributed by atoms with Crippen molar-refractivity contribution in [1.82, 2.24) is 14.5 Å². The van der Waals surface area contributed by atoms with Crippen LogP contribution in [0.25, 0.3) is 5.69 Å². The topological polar surface area (TPSA) is 61.7 Å². The molecule has 2 aliphatic rings. The van der Waals surface area contributed by atoms with Gasteiger partial charge in [0.05, 0.1) is 22.2 Å². The Bertz CT molecular complexity index is 1090. The summed E-state index contributed by atoms with van der Waals surface area (Å²) in [5.41, 5.74) is 1.68. The van der Waals surface area contributed by atoms with Crippen molar-refractivity contribution in [3.8, 4) is 5.69 Å². The van der Waals surface area contributed by atoms with Crippen LogP contribution in [0, 0.1) is 0 Å². The van der Waals surface area contributed by atoms with Crippen molar-refractivity contribution < 1.29 is 9.59 Å². The van der Waals surface area contributed by atoms with Gasteiger partial charge in [0.2, 0.25) is 11.8 Å². The molecule has 2 aliphatic heterocycles. The molecule has 5 rings (SSSR count). The minimum atomic E-state index is -0.0506. The normalized spacial score (nSPS) is 16.4. The predicted molar refractivity (Wildman–Crippen MR) is 122 cm³/mol. The second-order valence-electron chi connectivity index (χ2n) is 7.53. The van der Waals surface area contributed by atoms with E-state index in [-0.39, 0.29) is 18.4 Å². The third-order valence-corrected chi connectivity index (χ3v) is 6.71. The molecule has 0 unspecified atom stereocenters. The third-order valence-electron chi connectivity index (χ3n) is 5.69. The van der Waals surface area contributed by atoms with Gasteiger partial charge >= 0.3 is 0 Å². The van der Waals surface area contributed by atoms with Gasteiger partial charge in [-0.05, 0) is 36.4 Å². The van der Waals surface area contributed by atoms with Crippen molar-refractivity contribution in [3.63, 3.8) is 0 Å². The molecule has 0 aliphatic carbocycles. The number of benzene rings is 1. The average molecular weight is 434 g/mol. The number of thioether (sulfide) groups is 1. The Balaban J connectivity index is 1.33. The molecule has 4 heterocycles. The third kappa shape index (κ3) is 3.90. The lowest BCUT2D eigenvalue weighted by Gasteiger charge is -2.36. The summed E-state index contributed by atoms with van der Waals surface area (Å²) in [6.07, 6.45) is 3.78. The summed E-state index contributed by atoms with van der Waals surface area (Å²) in [6, 6.07) is 17.6. The molecule has 0 atom stereocenters. The number of piperazine rings is 1. The maximum atomic E-state index is 13.1. The first-order valence-electron chi connectivity index (χ1n) is 10.3. The van der Waals surface area contributed by atoms with E-state index in [4.69, 9.17) is 0 Å². The van der Waals surface area contributed by atoms with Gasteiger partial charge in [0.1, 0.15) is 12.4 Å². The van der Waals surface area contributed by atoms with Crippen LogP contribution in [-0.4, -0.2) is 64.7 Å². The average Bonchev–Trinajstić information content (AvgIpc) is 3.29. The molecule has 0 N–H and O–H groups in total.